The van der Waals surface area contributed by atoms with Crippen molar-refractivity contribution in [3.05, 3.63) is 48.0 Å². The Kier molecular flexibility index (Phi) is 5.05. The summed E-state index contributed by atoms with van der Waals surface area (Å²) in [6, 6.07) is 7.37. The van der Waals surface area contributed by atoms with Crippen molar-refractivity contribution in [1.29, 1.82) is 0 Å². The van der Waals surface area contributed by atoms with Gasteiger partial charge in [-0.3, -0.25) is 0 Å². The number of hydrogen-bond acceptors (Lipinski definition) is 6. The van der Waals surface area contributed by atoms with Crippen LogP contribution in [0.5, 0.6) is 0 Å². The van der Waals surface area contributed by atoms with Crippen LogP contribution in [-0.4, -0.2) is 47.2 Å². The molecule has 2 aliphatic heterocycles. The molecule has 5 atom stereocenters. The van der Waals surface area contributed by atoms with E-state index in [1.165, 1.54) is 0 Å². The van der Waals surface area contributed by atoms with E-state index in [1.807, 2.05) is 18.2 Å². The van der Waals surface area contributed by atoms with Crippen molar-refractivity contribution in [2.75, 3.05) is 6.61 Å². The average molecular weight is 336 g/mol. The number of hydrogen-bond donors (Lipinski definition) is 2. The minimum atomic E-state index is -0.986. The number of ether oxygens (including phenoxy) is 4. The zero-order valence-corrected chi connectivity index (χ0v) is 13.9. The monoisotopic (exact) mass is 336 g/mol. The molecular weight excluding hydrogens is 312 g/mol. The van der Waals surface area contributed by atoms with Gasteiger partial charge in [-0.15, -0.1) is 6.58 Å². The standard InChI is InChI=1S/C18H24O6/c1-4-8-21-10-11-6-5-7-12(9-11)13(19)15-14(20)16-17(22-15)24-18(2,3)23-16/h4-7,9,13-17,19-20H,1,8,10H2,2-3H3/t13-,14+,15?,16-,17?/m0/s1. The third-order valence-electron chi connectivity index (χ3n) is 4.16. The van der Waals surface area contributed by atoms with E-state index in [0.717, 1.165) is 5.56 Å². The van der Waals surface area contributed by atoms with Crippen LogP contribution in [0.4, 0.5) is 0 Å². The van der Waals surface area contributed by atoms with E-state index in [9.17, 15) is 10.2 Å². The smallest absolute Gasteiger partial charge is 0.190 e. The average Bonchev–Trinajstić information content (AvgIpc) is 3.00. The molecule has 0 aliphatic carbocycles. The summed E-state index contributed by atoms with van der Waals surface area (Å²) in [5, 5.41) is 21.1. The lowest BCUT2D eigenvalue weighted by atomic mass is 9.98. The summed E-state index contributed by atoms with van der Waals surface area (Å²) in [6.07, 6.45) is -2.34. The Morgan fingerprint density at radius 1 is 1.38 bits per heavy atom. The van der Waals surface area contributed by atoms with E-state index in [1.54, 1.807) is 26.0 Å². The van der Waals surface area contributed by atoms with Gasteiger partial charge < -0.3 is 29.2 Å². The molecule has 3 rings (SSSR count). The zero-order valence-electron chi connectivity index (χ0n) is 13.9. The molecule has 1 aromatic carbocycles. The van der Waals surface area contributed by atoms with Crippen LogP contribution in [0.2, 0.25) is 0 Å². The highest BCUT2D eigenvalue weighted by Gasteiger charge is 2.56. The lowest BCUT2D eigenvalue weighted by Crippen LogP contribution is -2.37. The number of rotatable bonds is 6. The van der Waals surface area contributed by atoms with Crippen molar-refractivity contribution >= 4 is 0 Å². The zero-order chi connectivity index (χ0) is 17.3. The molecule has 0 saturated carbocycles. The Bertz CT molecular complexity index is 587. The molecule has 2 N–H and O–H groups in total. The van der Waals surface area contributed by atoms with Gasteiger partial charge in [0.15, 0.2) is 12.1 Å². The highest BCUT2D eigenvalue weighted by molar-refractivity contribution is 5.26. The molecule has 6 nitrogen and oxygen atoms in total. The lowest BCUT2D eigenvalue weighted by molar-refractivity contribution is -0.226. The predicted molar refractivity (Wildman–Crippen MR) is 86.0 cm³/mol. The van der Waals surface area contributed by atoms with Crippen molar-refractivity contribution in [1.82, 2.24) is 0 Å². The number of benzene rings is 1. The third-order valence-corrected chi connectivity index (χ3v) is 4.16. The molecule has 2 heterocycles. The minimum Gasteiger partial charge on any atom is -0.387 e. The van der Waals surface area contributed by atoms with Gasteiger partial charge in [-0.25, -0.2) is 0 Å². The number of aliphatic hydroxyl groups excluding tert-OH is 2. The third kappa shape index (κ3) is 3.54. The Balaban J connectivity index is 1.68. The molecule has 2 aliphatic rings. The molecule has 6 heteroatoms. The summed E-state index contributed by atoms with van der Waals surface area (Å²) in [5.74, 6) is -0.797. The van der Waals surface area contributed by atoms with Crippen molar-refractivity contribution in [2.45, 2.75) is 56.9 Å². The second kappa shape index (κ2) is 6.92. The van der Waals surface area contributed by atoms with Gasteiger partial charge in [0.25, 0.3) is 0 Å². The van der Waals surface area contributed by atoms with Gasteiger partial charge in [-0.2, -0.15) is 0 Å². The summed E-state index contributed by atoms with van der Waals surface area (Å²) in [5.41, 5.74) is 1.58. The Hall–Kier alpha value is -1.28. The van der Waals surface area contributed by atoms with Gasteiger partial charge in [0, 0.05) is 0 Å². The first-order chi connectivity index (χ1) is 11.4. The van der Waals surface area contributed by atoms with Gasteiger partial charge in [0.2, 0.25) is 0 Å². The van der Waals surface area contributed by atoms with E-state index in [0.29, 0.717) is 18.8 Å². The van der Waals surface area contributed by atoms with Gasteiger partial charge in [-0.1, -0.05) is 30.3 Å². The molecule has 0 bridgehead atoms. The fourth-order valence-corrected chi connectivity index (χ4v) is 3.09. The Morgan fingerprint density at radius 3 is 2.88 bits per heavy atom. The molecule has 0 amide bonds. The van der Waals surface area contributed by atoms with Crippen LogP contribution < -0.4 is 0 Å². The molecule has 0 aromatic heterocycles. The molecule has 24 heavy (non-hydrogen) atoms. The van der Waals surface area contributed by atoms with Crippen LogP contribution in [0.1, 0.15) is 31.1 Å². The Morgan fingerprint density at radius 2 is 2.17 bits per heavy atom. The van der Waals surface area contributed by atoms with Crippen molar-refractivity contribution < 1.29 is 29.2 Å². The van der Waals surface area contributed by atoms with Gasteiger partial charge >= 0.3 is 0 Å². The molecule has 2 unspecified atom stereocenters. The van der Waals surface area contributed by atoms with Crippen molar-refractivity contribution in [3.8, 4) is 0 Å². The van der Waals surface area contributed by atoms with Gasteiger partial charge in [-0.05, 0) is 25.0 Å². The van der Waals surface area contributed by atoms with Crippen LogP contribution in [0.25, 0.3) is 0 Å². The SMILES string of the molecule is C=CCOCc1cccc([C@H](O)C2OC3OC(C)(C)O[C@H]3[C@@H]2O)c1. The van der Waals surface area contributed by atoms with Crippen LogP contribution in [-0.2, 0) is 25.6 Å². The number of fused-ring (bicyclic) bond motifs is 1. The summed E-state index contributed by atoms with van der Waals surface area (Å²) in [7, 11) is 0. The summed E-state index contributed by atoms with van der Waals surface area (Å²) in [6.45, 7) is 8.02. The van der Waals surface area contributed by atoms with E-state index < -0.39 is 36.5 Å². The first-order valence-electron chi connectivity index (χ1n) is 8.06. The van der Waals surface area contributed by atoms with Crippen molar-refractivity contribution in [2.24, 2.45) is 0 Å². The van der Waals surface area contributed by atoms with Gasteiger partial charge in [0.05, 0.1) is 13.2 Å². The second-order valence-corrected chi connectivity index (χ2v) is 6.55. The van der Waals surface area contributed by atoms with Gasteiger partial charge in [0.1, 0.15) is 24.4 Å². The molecule has 132 valence electrons. The maximum absolute atomic E-state index is 10.6. The fourth-order valence-electron chi connectivity index (χ4n) is 3.09. The summed E-state index contributed by atoms with van der Waals surface area (Å²) in [4.78, 5) is 0. The maximum Gasteiger partial charge on any atom is 0.190 e. The molecule has 0 spiro atoms. The topological polar surface area (TPSA) is 77.4 Å². The van der Waals surface area contributed by atoms with Crippen molar-refractivity contribution in [3.63, 3.8) is 0 Å². The Labute approximate surface area is 141 Å². The predicted octanol–water partition coefficient (Wildman–Crippen LogP) is 1.66. The normalized spacial score (nSPS) is 32.5. The van der Waals surface area contributed by atoms with E-state index in [2.05, 4.69) is 6.58 Å². The van der Waals surface area contributed by atoms with E-state index >= 15 is 0 Å². The lowest BCUT2D eigenvalue weighted by Gasteiger charge is -2.26. The highest BCUT2D eigenvalue weighted by atomic mass is 16.8. The molecule has 0 radical (unpaired) electrons. The van der Waals surface area contributed by atoms with E-state index in [4.69, 9.17) is 18.9 Å². The molecule has 1 aromatic rings. The number of aliphatic hydroxyl groups is 2. The quantitative estimate of drug-likeness (QED) is 0.608. The first kappa shape index (κ1) is 17.5. The van der Waals surface area contributed by atoms with Crippen LogP contribution in [0.15, 0.2) is 36.9 Å². The summed E-state index contributed by atoms with van der Waals surface area (Å²) >= 11 is 0. The minimum absolute atomic E-state index is 0.423. The van der Waals surface area contributed by atoms with Crippen LogP contribution in [0.3, 0.4) is 0 Å². The second-order valence-electron chi connectivity index (χ2n) is 6.55. The highest BCUT2D eigenvalue weighted by Crippen LogP contribution is 2.40. The fraction of sp³-hybridized carbons (Fsp3) is 0.556. The molecular formula is C18H24O6. The van der Waals surface area contributed by atoms with Crippen LogP contribution in [0, 0.1) is 0 Å². The maximum atomic E-state index is 10.6. The molecule has 2 fully saturated rings. The first-order valence-corrected chi connectivity index (χ1v) is 8.06. The summed E-state index contributed by atoms with van der Waals surface area (Å²) < 4.78 is 22.4. The largest absolute Gasteiger partial charge is 0.387 e. The van der Waals surface area contributed by atoms with Crippen LogP contribution >= 0.6 is 0 Å². The molecule has 2 saturated heterocycles. The van der Waals surface area contributed by atoms with E-state index in [-0.39, 0.29) is 0 Å².